The molecule has 2 heterocycles. The standard InChI is InChI=1S/C21H17BrN4O3S/c1-2-12-7-9-13(10-8-12)23-19(27)20-26-25-16(30-20)11-29-21(28)18-17(22)14-5-3-4-6-15(14)24-18/h3-10,24H,2,11H2,1H3,(H,23,27). The van der Waals surface area contributed by atoms with Gasteiger partial charge in [0.1, 0.15) is 12.3 Å². The number of aryl methyl sites for hydroxylation is 1. The van der Waals surface area contributed by atoms with Gasteiger partial charge in [-0.25, -0.2) is 4.79 Å². The SMILES string of the molecule is CCc1ccc(NC(=O)c2nnc(COC(=O)c3[nH]c4ccccc4c3Br)s2)cc1. The van der Waals surface area contributed by atoms with Crippen molar-refractivity contribution in [3.05, 3.63) is 74.3 Å². The number of anilines is 1. The lowest BCUT2D eigenvalue weighted by atomic mass is 10.1. The van der Waals surface area contributed by atoms with Crippen molar-refractivity contribution in [2.45, 2.75) is 20.0 Å². The van der Waals surface area contributed by atoms with Crippen LogP contribution in [-0.4, -0.2) is 27.1 Å². The molecular formula is C21H17BrN4O3S. The molecule has 0 aliphatic rings. The fourth-order valence-corrected chi connectivity index (χ4v) is 4.11. The van der Waals surface area contributed by atoms with Gasteiger partial charge >= 0.3 is 5.97 Å². The van der Waals surface area contributed by atoms with Crippen molar-refractivity contribution in [3.63, 3.8) is 0 Å². The number of ether oxygens (including phenoxy) is 1. The van der Waals surface area contributed by atoms with Crippen molar-refractivity contribution in [3.8, 4) is 0 Å². The van der Waals surface area contributed by atoms with E-state index in [0.29, 0.717) is 20.9 Å². The summed E-state index contributed by atoms with van der Waals surface area (Å²) in [6, 6.07) is 15.2. The van der Waals surface area contributed by atoms with E-state index in [1.807, 2.05) is 48.5 Å². The molecule has 0 bridgehead atoms. The molecule has 152 valence electrons. The first-order chi connectivity index (χ1) is 14.5. The van der Waals surface area contributed by atoms with Gasteiger partial charge in [-0.15, -0.1) is 10.2 Å². The highest BCUT2D eigenvalue weighted by Gasteiger charge is 2.19. The number of nitrogens with one attached hydrogen (secondary N) is 2. The van der Waals surface area contributed by atoms with Crippen LogP contribution < -0.4 is 5.32 Å². The van der Waals surface area contributed by atoms with E-state index in [-0.39, 0.29) is 17.5 Å². The van der Waals surface area contributed by atoms with E-state index in [1.165, 1.54) is 5.56 Å². The average molecular weight is 485 g/mol. The van der Waals surface area contributed by atoms with Crippen LogP contribution in [-0.2, 0) is 17.8 Å². The number of H-pyrrole nitrogens is 1. The third kappa shape index (κ3) is 4.27. The quantitative estimate of drug-likeness (QED) is 0.377. The molecule has 7 nitrogen and oxygen atoms in total. The fourth-order valence-electron chi connectivity index (χ4n) is 2.86. The number of hydrogen-bond acceptors (Lipinski definition) is 6. The van der Waals surface area contributed by atoms with Gasteiger partial charge in [0.05, 0.1) is 4.47 Å². The van der Waals surface area contributed by atoms with Crippen LogP contribution in [0.4, 0.5) is 5.69 Å². The van der Waals surface area contributed by atoms with Crippen molar-refractivity contribution in [2.75, 3.05) is 5.32 Å². The minimum atomic E-state index is -0.518. The number of halogens is 1. The zero-order chi connectivity index (χ0) is 21.1. The second-order valence-electron chi connectivity index (χ2n) is 6.44. The van der Waals surface area contributed by atoms with Gasteiger partial charge in [0.25, 0.3) is 5.91 Å². The molecule has 2 aromatic carbocycles. The summed E-state index contributed by atoms with van der Waals surface area (Å²) in [4.78, 5) is 27.8. The van der Waals surface area contributed by atoms with Gasteiger partial charge in [-0.2, -0.15) is 0 Å². The van der Waals surface area contributed by atoms with E-state index in [1.54, 1.807) is 0 Å². The summed E-state index contributed by atoms with van der Waals surface area (Å²) in [7, 11) is 0. The van der Waals surface area contributed by atoms with Gasteiger partial charge in [-0.1, -0.05) is 48.6 Å². The van der Waals surface area contributed by atoms with Crippen molar-refractivity contribution in [1.82, 2.24) is 15.2 Å². The molecule has 2 N–H and O–H groups in total. The number of nitrogens with zero attached hydrogens (tertiary/aromatic N) is 2. The van der Waals surface area contributed by atoms with Gasteiger partial charge < -0.3 is 15.0 Å². The highest BCUT2D eigenvalue weighted by molar-refractivity contribution is 9.10. The topological polar surface area (TPSA) is 97.0 Å². The Morgan fingerprint density at radius 3 is 2.63 bits per heavy atom. The first-order valence-electron chi connectivity index (χ1n) is 9.21. The molecule has 0 spiro atoms. The molecule has 0 atom stereocenters. The smallest absolute Gasteiger partial charge is 0.356 e. The Hall–Kier alpha value is -3.04. The Bertz CT molecular complexity index is 1220. The van der Waals surface area contributed by atoms with Gasteiger partial charge in [0.15, 0.2) is 5.01 Å². The summed E-state index contributed by atoms with van der Waals surface area (Å²) in [5, 5.41) is 12.2. The number of benzene rings is 2. The molecule has 0 aliphatic carbocycles. The maximum absolute atomic E-state index is 12.4. The molecule has 4 aromatic rings. The van der Waals surface area contributed by atoms with Crippen LogP contribution in [0.5, 0.6) is 0 Å². The average Bonchev–Trinajstić information content (AvgIpc) is 3.38. The number of para-hydroxylation sites is 1. The second-order valence-corrected chi connectivity index (χ2v) is 8.30. The zero-order valence-electron chi connectivity index (χ0n) is 15.9. The first-order valence-corrected chi connectivity index (χ1v) is 10.8. The summed E-state index contributed by atoms with van der Waals surface area (Å²) in [5.74, 6) is -0.872. The molecular weight excluding hydrogens is 468 g/mol. The Labute approximate surface area is 184 Å². The molecule has 9 heteroatoms. The van der Waals surface area contributed by atoms with Gasteiger partial charge in [0, 0.05) is 16.6 Å². The van der Waals surface area contributed by atoms with Gasteiger partial charge in [-0.3, -0.25) is 4.79 Å². The number of carbonyl (C=O) groups is 2. The number of amides is 1. The first kappa shape index (κ1) is 20.2. The molecule has 1 amide bonds. The third-order valence-corrected chi connectivity index (χ3v) is 6.17. The number of carbonyl (C=O) groups excluding carboxylic acids is 2. The minimum absolute atomic E-state index is 0.0726. The predicted octanol–water partition coefficient (Wildman–Crippen LogP) is 4.95. The summed E-state index contributed by atoms with van der Waals surface area (Å²) in [6.45, 7) is 2.00. The second kappa shape index (κ2) is 8.76. The van der Waals surface area contributed by atoms with Gasteiger partial charge in [0.2, 0.25) is 5.01 Å². The van der Waals surface area contributed by atoms with Crippen LogP contribution in [0.3, 0.4) is 0 Å². The van der Waals surface area contributed by atoms with Crippen molar-refractivity contribution < 1.29 is 14.3 Å². The lowest BCUT2D eigenvalue weighted by Gasteiger charge is -2.03. The number of esters is 1. The number of hydrogen-bond donors (Lipinski definition) is 2. The van der Waals surface area contributed by atoms with Crippen molar-refractivity contribution in [2.24, 2.45) is 0 Å². The molecule has 0 saturated heterocycles. The number of aromatic nitrogens is 3. The third-order valence-electron chi connectivity index (χ3n) is 4.45. The summed E-state index contributed by atoms with van der Waals surface area (Å²) in [6.07, 6.45) is 0.932. The fraction of sp³-hybridized carbons (Fsp3) is 0.143. The van der Waals surface area contributed by atoms with Crippen LogP contribution in [0.25, 0.3) is 10.9 Å². The number of fused-ring (bicyclic) bond motifs is 1. The molecule has 4 rings (SSSR count). The Balaban J connectivity index is 1.38. The van der Waals surface area contributed by atoms with Crippen LogP contribution in [0.2, 0.25) is 0 Å². The van der Waals surface area contributed by atoms with E-state index in [0.717, 1.165) is 28.7 Å². The maximum atomic E-state index is 12.4. The number of aromatic amines is 1. The van der Waals surface area contributed by atoms with Crippen LogP contribution >= 0.6 is 27.3 Å². The zero-order valence-corrected chi connectivity index (χ0v) is 18.3. The Morgan fingerprint density at radius 2 is 1.90 bits per heavy atom. The molecule has 0 radical (unpaired) electrons. The summed E-state index contributed by atoms with van der Waals surface area (Å²) in [5.41, 5.74) is 3.03. The highest BCUT2D eigenvalue weighted by atomic mass is 79.9. The van der Waals surface area contributed by atoms with E-state index >= 15 is 0 Å². The molecule has 0 saturated carbocycles. The Morgan fingerprint density at radius 1 is 1.13 bits per heavy atom. The highest BCUT2D eigenvalue weighted by Crippen LogP contribution is 2.28. The lowest BCUT2D eigenvalue weighted by molar-refractivity contribution is 0.0464. The van der Waals surface area contributed by atoms with Crippen molar-refractivity contribution >= 4 is 55.7 Å². The maximum Gasteiger partial charge on any atom is 0.356 e. The van der Waals surface area contributed by atoms with E-state index in [2.05, 4.69) is 43.4 Å². The molecule has 2 aromatic heterocycles. The number of rotatable bonds is 6. The molecule has 0 fully saturated rings. The summed E-state index contributed by atoms with van der Waals surface area (Å²) < 4.78 is 5.99. The molecule has 30 heavy (non-hydrogen) atoms. The van der Waals surface area contributed by atoms with Crippen LogP contribution in [0.1, 0.15) is 37.8 Å². The molecule has 0 aliphatic heterocycles. The van der Waals surface area contributed by atoms with E-state index < -0.39 is 5.97 Å². The predicted molar refractivity (Wildman–Crippen MR) is 119 cm³/mol. The van der Waals surface area contributed by atoms with Crippen LogP contribution in [0.15, 0.2) is 53.0 Å². The monoisotopic (exact) mass is 484 g/mol. The summed E-state index contributed by atoms with van der Waals surface area (Å²) >= 11 is 4.51. The Kier molecular flexibility index (Phi) is 5.91. The normalized spacial score (nSPS) is 10.9. The van der Waals surface area contributed by atoms with E-state index in [4.69, 9.17) is 4.74 Å². The largest absolute Gasteiger partial charge is 0.454 e. The van der Waals surface area contributed by atoms with Crippen molar-refractivity contribution in [1.29, 1.82) is 0 Å². The van der Waals surface area contributed by atoms with E-state index in [9.17, 15) is 9.59 Å². The lowest BCUT2D eigenvalue weighted by Crippen LogP contribution is -2.11. The van der Waals surface area contributed by atoms with Crippen LogP contribution in [0, 0.1) is 0 Å². The van der Waals surface area contributed by atoms with Gasteiger partial charge in [-0.05, 0) is 46.1 Å². The molecule has 0 unspecified atom stereocenters. The minimum Gasteiger partial charge on any atom is -0.454 e.